The highest BCUT2D eigenvalue weighted by Crippen LogP contribution is 2.56. The van der Waals surface area contributed by atoms with Crippen LogP contribution in [0.15, 0.2) is 36.1 Å². The van der Waals surface area contributed by atoms with Gasteiger partial charge in [-0.3, -0.25) is 14.4 Å². The number of ether oxygens (including phenoxy) is 6. The molecule has 1 amide bonds. The summed E-state index contributed by atoms with van der Waals surface area (Å²) < 4.78 is 34.3. The van der Waals surface area contributed by atoms with Crippen LogP contribution >= 0.6 is 0 Å². The van der Waals surface area contributed by atoms with Crippen LogP contribution < -0.4 is 10.1 Å². The molecule has 5 rings (SSSR count). The number of carbonyl (C=O) groups excluding carboxylic acids is 3. The third-order valence-electron chi connectivity index (χ3n) is 10.7. The predicted octanol–water partition coefficient (Wildman–Crippen LogP) is 5.05. The largest absolute Gasteiger partial charge is 0.507 e. The summed E-state index contributed by atoms with van der Waals surface area (Å²) in [5.74, 6) is -8.72. The molecular weight excluding hydrogens is 718 g/mol. The van der Waals surface area contributed by atoms with E-state index in [1.807, 2.05) is 0 Å². The second-order valence-electron chi connectivity index (χ2n) is 14.4. The first kappa shape index (κ1) is 43.1. The van der Waals surface area contributed by atoms with Gasteiger partial charge in [0.05, 0.1) is 46.8 Å². The molecule has 55 heavy (non-hydrogen) atoms. The molecule has 6 N–H and O–H groups in total. The van der Waals surface area contributed by atoms with Crippen LogP contribution in [0.5, 0.6) is 23.0 Å². The highest BCUT2D eigenvalue weighted by atomic mass is 16.7. The van der Waals surface area contributed by atoms with Crippen LogP contribution in [0, 0.1) is 30.6 Å². The van der Waals surface area contributed by atoms with Crippen molar-refractivity contribution >= 4 is 34.1 Å². The van der Waals surface area contributed by atoms with Crippen LogP contribution in [0.25, 0.3) is 10.8 Å². The zero-order chi connectivity index (χ0) is 41.3. The Kier molecular flexibility index (Phi) is 13.3. The maximum absolute atomic E-state index is 14.3. The van der Waals surface area contributed by atoms with E-state index in [9.17, 15) is 39.9 Å². The molecule has 3 aliphatic rings. The van der Waals surface area contributed by atoms with Gasteiger partial charge in [-0.05, 0) is 19.9 Å². The molecule has 0 saturated heterocycles. The van der Waals surface area contributed by atoms with E-state index in [2.05, 4.69) is 5.32 Å². The Labute approximate surface area is 320 Å². The van der Waals surface area contributed by atoms with E-state index in [0.29, 0.717) is 0 Å². The van der Waals surface area contributed by atoms with Gasteiger partial charge in [-0.15, -0.1) is 0 Å². The monoisotopic (exact) mass is 771 g/mol. The number of fused-ring (bicyclic) bond motifs is 14. The fraction of sp³-hybridized carbons (Fsp3) is 0.525. The number of nitrogens with one attached hydrogen (secondary N) is 1. The van der Waals surface area contributed by atoms with Gasteiger partial charge in [0.15, 0.2) is 12.0 Å². The zero-order valence-electron chi connectivity index (χ0n) is 33.0. The van der Waals surface area contributed by atoms with Gasteiger partial charge in [0.1, 0.15) is 23.4 Å². The average molecular weight is 772 g/mol. The summed E-state index contributed by atoms with van der Waals surface area (Å²) in [4.78, 5) is 40.1. The van der Waals surface area contributed by atoms with Crippen molar-refractivity contribution in [2.45, 2.75) is 91.9 Å². The fourth-order valence-corrected chi connectivity index (χ4v) is 7.31. The molecule has 15 heteroatoms. The van der Waals surface area contributed by atoms with Crippen LogP contribution in [-0.2, 0) is 33.3 Å². The molecule has 0 fully saturated rings. The Balaban J connectivity index is 1.98. The number of ketones is 1. The van der Waals surface area contributed by atoms with E-state index in [0.717, 1.165) is 0 Å². The molecule has 2 aromatic carbocycles. The molecule has 0 aliphatic carbocycles. The molecule has 0 saturated carbocycles. The first-order chi connectivity index (χ1) is 25.8. The lowest BCUT2D eigenvalue weighted by molar-refractivity contribution is -0.160. The van der Waals surface area contributed by atoms with Gasteiger partial charge >= 0.3 is 11.8 Å². The van der Waals surface area contributed by atoms with Crippen molar-refractivity contribution in [3.63, 3.8) is 0 Å². The minimum absolute atomic E-state index is 0.0272. The van der Waals surface area contributed by atoms with E-state index in [4.69, 9.17) is 28.4 Å². The summed E-state index contributed by atoms with van der Waals surface area (Å²) >= 11 is 0. The number of phenols is 3. The molecule has 302 valence electrons. The average Bonchev–Trinajstić information content (AvgIpc) is 3.41. The number of aliphatic hydroxyl groups is 2. The maximum Gasteiger partial charge on any atom is 0.312 e. The fourth-order valence-electron chi connectivity index (χ4n) is 7.31. The Hall–Kier alpha value is -4.67. The number of anilines is 1. The summed E-state index contributed by atoms with van der Waals surface area (Å²) in [6.45, 7) is 12.4. The number of aliphatic hydroxyl groups excluding tert-OH is 2. The van der Waals surface area contributed by atoms with Gasteiger partial charge in [0.2, 0.25) is 0 Å². The molecular formula is C40H53NO14. The van der Waals surface area contributed by atoms with E-state index in [1.165, 1.54) is 67.4 Å². The molecule has 0 spiro atoms. The second kappa shape index (κ2) is 17.0. The number of hydrogen-bond donors (Lipinski definition) is 6. The van der Waals surface area contributed by atoms with Crippen molar-refractivity contribution in [2.75, 3.05) is 26.6 Å². The zero-order valence-corrected chi connectivity index (χ0v) is 33.0. The highest BCUT2D eigenvalue weighted by molar-refractivity contribution is 6.22. The van der Waals surface area contributed by atoms with Crippen molar-refractivity contribution in [1.82, 2.24) is 0 Å². The van der Waals surface area contributed by atoms with Gasteiger partial charge in [-0.2, -0.15) is 0 Å². The first-order valence-corrected chi connectivity index (χ1v) is 17.9. The van der Waals surface area contributed by atoms with Crippen LogP contribution in [0.4, 0.5) is 5.69 Å². The number of esters is 1. The third-order valence-corrected chi connectivity index (χ3v) is 10.7. The van der Waals surface area contributed by atoms with Crippen molar-refractivity contribution in [3.05, 3.63) is 52.8 Å². The molecule has 9 atom stereocenters. The van der Waals surface area contributed by atoms with Gasteiger partial charge < -0.3 is 59.3 Å². The minimum Gasteiger partial charge on any atom is -0.507 e. The normalized spacial score (nSPS) is 29.3. The number of benzene rings is 2. The first-order valence-electron chi connectivity index (χ1n) is 17.9. The van der Waals surface area contributed by atoms with Gasteiger partial charge in [-0.1, -0.05) is 45.9 Å². The summed E-state index contributed by atoms with van der Waals surface area (Å²) in [6.07, 6.45) is 2.02. The molecule has 2 aromatic rings. The minimum atomic E-state index is -2.06. The molecule has 3 aliphatic heterocycles. The number of allylic oxidation sites excluding steroid dienone is 2. The molecule has 15 nitrogen and oxygen atoms in total. The number of phenolic OH excluding ortho intramolecular Hbond substituents is 3. The SMILES string of the molecule is COC(OC)c1c2c(O)c3c(O)c(C)c4c(c3c1O)C(=O)[C@@](C)(OC=C[C@H](OC)[C@H](C)[C@H](OC(C)=O)[C@H](C)[C@H](O)[C@H](C)[C@H](O)[C@H](C)C=CC=C(C)C(=O)N2)O4. The van der Waals surface area contributed by atoms with Crippen LogP contribution in [-0.4, -0.2) is 94.7 Å². The van der Waals surface area contributed by atoms with Gasteiger partial charge in [-0.25, -0.2) is 0 Å². The topological polar surface area (TPSA) is 220 Å². The summed E-state index contributed by atoms with van der Waals surface area (Å²) in [7, 11) is 3.94. The lowest BCUT2D eigenvalue weighted by Crippen LogP contribution is -2.46. The van der Waals surface area contributed by atoms with E-state index in [1.54, 1.807) is 39.8 Å². The molecule has 0 unspecified atom stereocenters. The quantitative estimate of drug-likeness (QED) is 0.102. The number of Topliss-reactive ketones (excluding diaryl/α,β-unsaturated/α-hetero) is 1. The van der Waals surface area contributed by atoms with Gasteiger partial charge in [0, 0.05) is 75.4 Å². The van der Waals surface area contributed by atoms with Gasteiger partial charge in [0.25, 0.3) is 11.7 Å². The lowest BCUT2D eigenvalue weighted by Gasteiger charge is -2.38. The smallest absolute Gasteiger partial charge is 0.312 e. The number of hydrogen-bond acceptors (Lipinski definition) is 14. The Morgan fingerprint density at radius 2 is 1.53 bits per heavy atom. The number of carbonyl (C=O) groups is 3. The standard InChI is InChI=1S/C40H53NO14/c1-17-13-12-14-18(2)38(49)41-29-28(39(51-10)52-11)33(46)25-26(34(29)47)32(45)22(6)36-27(25)37(48)40(8,55-36)53-16-15-24(50-9)19(3)35(54-23(7)42)21(5)31(44)20(4)30(17)43/h12-17,19-21,24,30-31,35,39,43-47H,1-11H3,(H,41,49)/t17-,19+,20-,21-,24+,30-,31-,35+,40+/m1/s1. The Morgan fingerprint density at radius 1 is 0.891 bits per heavy atom. The predicted molar refractivity (Wildman–Crippen MR) is 201 cm³/mol. The molecule has 3 heterocycles. The van der Waals surface area contributed by atoms with Crippen molar-refractivity contribution in [1.29, 1.82) is 0 Å². The second-order valence-corrected chi connectivity index (χ2v) is 14.4. The van der Waals surface area contributed by atoms with Crippen molar-refractivity contribution in [3.8, 4) is 23.0 Å². The number of aromatic hydroxyl groups is 3. The lowest BCUT2D eigenvalue weighted by atomic mass is 9.78. The summed E-state index contributed by atoms with van der Waals surface area (Å²) in [5.41, 5.74) is -0.680. The van der Waals surface area contributed by atoms with E-state index >= 15 is 0 Å². The summed E-state index contributed by atoms with van der Waals surface area (Å²) in [5, 5.41) is 59.7. The molecule has 5 bridgehead atoms. The van der Waals surface area contributed by atoms with Crippen molar-refractivity contribution < 1.29 is 68.3 Å². The van der Waals surface area contributed by atoms with Crippen LogP contribution in [0.1, 0.15) is 76.2 Å². The number of rotatable bonds is 5. The van der Waals surface area contributed by atoms with E-state index in [-0.39, 0.29) is 44.5 Å². The van der Waals surface area contributed by atoms with E-state index < -0.39 is 95.1 Å². The Morgan fingerprint density at radius 3 is 2.11 bits per heavy atom. The highest BCUT2D eigenvalue weighted by Gasteiger charge is 2.50. The molecule has 0 radical (unpaired) electrons. The maximum atomic E-state index is 14.3. The van der Waals surface area contributed by atoms with Crippen molar-refractivity contribution in [2.24, 2.45) is 23.7 Å². The van der Waals surface area contributed by atoms with Crippen LogP contribution in [0.3, 0.4) is 0 Å². The number of methoxy groups -OCH3 is 3. The molecule has 0 aromatic heterocycles. The third kappa shape index (κ3) is 8.03. The Bertz CT molecular complexity index is 1900. The summed E-state index contributed by atoms with van der Waals surface area (Å²) in [6, 6.07) is 0. The number of amides is 1. The van der Waals surface area contributed by atoms with Crippen LogP contribution in [0.2, 0.25) is 0 Å².